The number of nitrogens with one attached hydrogen (secondary N) is 1. The zero-order valence-corrected chi connectivity index (χ0v) is 13.8. The van der Waals surface area contributed by atoms with Crippen molar-refractivity contribution in [1.82, 2.24) is 4.72 Å². The van der Waals surface area contributed by atoms with Crippen LogP contribution in [0.2, 0.25) is 0 Å². The van der Waals surface area contributed by atoms with Gasteiger partial charge in [-0.1, -0.05) is 30.3 Å². The molecular formula is C13H10F9NO3S. The number of sulfonamides is 1. The van der Waals surface area contributed by atoms with E-state index >= 15 is 0 Å². The Labute approximate surface area is 146 Å². The van der Waals surface area contributed by atoms with E-state index in [1.807, 2.05) is 0 Å². The van der Waals surface area contributed by atoms with Crippen LogP contribution in [-0.2, 0) is 20.4 Å². The number of hydrogen-bond acceptors (Lipinski definition) is 3. The summed E-state index contributed by atoms with van der Waals surface area (Å²) in [6.45, 7) is 0.614. The van der Waals surface area contributed by atoms with Crippen LogP contribution in [0.3, 0.4) is 0 Å². The quantitative estimate of drug-likeness (QED) is 0.532. The molecule has 27 heavy (non-hydrogen) atoms. The molecule has 0 bridgehead atoms. The number of carbonyl (C=O) groups excluding carboxylic acids is 1. The highest BCUT2D eigenvalue weighted by Crippen LogP contribution is 2.54. The maximum Gasteiger partial charge on any atom is 0.460 e. The molecule has 0 spiro atoms. The van der Waals surface area contributed by atoms with E-state index in [0.717, 1.165) is 16.9 Å². The molecule has 0 aliphatic rings. The molecule has 0 amide bonds. The molecule has 0 fully saturated rings. The lowest BCUT2D eigenvalue weighted by Gasteiger charge is -2.35. The van der Waals surface area contributed by atoms with Crippen LogP contribution in [0.5, 0.6) is 0 Å². The molecule has 0 saturated carbocycles. The molecule has 1 rings (SSSR count). The first-order valence-corrected chi connectivity index (χ1v) is 8.11. The molecule has 0 heterocycles. The van der Waals surface area contributed by atoms with Gasteiger partial charge in [0.25, 0.3) is 10.0 Å². The summed E-state index contributed by atoms with van der Waals surface area (Å²) >= 11 is 0. The van der Waals surface area contributed by atoms with Gasteiger partial charge in [-0.05, 0) is 12.5 Å². The Morgan fingerprint density at radius 2 is 1.30 bits per heavy atom. The smallest absolute Gasteiger partial charge is 0.301 e. The lowest BCUT2D eigenvalue weighted by Crippen LogP contribution is -2.66. The summed E-state index contributed by atoms with van der Waals surface area (Å²) in [5.74, 6) is -14.8. The first-order chi connectivity index (χ1) is 11.9. The van der Waals surface area contributed by atoms with Crippen LogP contribution in [-0.4, -0.2) is 38.0 Å². The Balaban J connectivity index is 3.46. The minimum Gasteiger partial charge on any atom is -0.301 e. The largest absolute Gasteiger partial charge is 0.460 e. The molecule has 1 aromatic rings. The Morgan fingerprint density at radius 3 is 1.67 bits per heavy atom. The average Bonchev–Trinajstić information content (AvgIpc) is 2.53. The summed E-state index contributed by atoms with van der Waals surface area (Å²) in [5.41, 5.74) is -3.03. The normalized spacial score (nSPS) is 16.7. The first-order valence-electron chi connectivity index (χ1n) is 6.63. The number of halogens is 9. The van der Waals surface area contributed by atoms with Crippen molar-refractivity contribution in [3.8, 4) is 0 Å². The zero-order chi connectivity index (χ0) is 21.5. The van der Waals surface area contributed by atoms with Gasteiger partial charge in [0.05, 0.1) is 0 Å². The number of carbonyl (C=O) groups is 1. The van der Waals surface area contributed by atoms with Crippen LogP contribution >= 0.6 is 0 Å². The summed E-state index contributed by atoms with van der Waals surface area (Å²) in [7, 11) is -6.92. The second-order valence-electron chi connectivity index (χ2n) is 5.46. The van der Waals surface area contributed by atoms with Crippen LogP contribution in [0, 0.1) is 0 Å². The van der Waals surface area contributed by atoms with Crippen molar-refractivity contribution in [3.63, 3.8) is 0 Å². The number of alkyl halides is 9. The number of aldehydes is 1. The maximum absolute atomic E-state index is 13.7. The molecule has 0 aromatic heterocycles. The average molecular weight is 431 g/mol. The summed E-state index contributed by atoms with van der Waals surface area (Å²) in [5, 5.41) is -6.93. The van der Waals surface area contributed by atoms with E-state index in [1.54, 1.807) is 0 Å². The number of rotatable bonds is 7. The number of hydrogen-bond donors (Lipinski definition) is 1. The van der Waals surface area contributed by atoms with Crippen molar-refractivity contribution in [3.05, 3.63) is 35.9 Å². The van der Waals surface area contributed by atoms with Gasteiger partial charge in [-0.3, -0.25) is 0 Å². The fourth-order valence-electron chi connectivity index (χ4n) is 1.81. The van der Waals surface area contributed by atoms with Crippen LogP contribution in [0.4, 0.5) is 39.5 Å². The maximum atomic E-state index is 13.7. The molecule has 1 aromatic carbocycles. The topological polar surface area (TPSA) is 63.2 Å². The van der Waals surface area contributed by atoms with E-state index < -0.39 is 38.8 Å². The third-order valence-corrected chi connectivity index (χ3v) is 5.03. The lowest BCUT2D eigenvalue weighted by molar-refractivity contribution is -0.382. The van der Waals surface area contributed by atoms with Gasteiger partial charge >= 0.3 is 23.3 Å². The van der Waals surface area contributed by atoms with Crippen LogP contribution in [0.1, 0.15) is 12.5 Å². The van der Waals surface area contributed by atoms with E-state index in [4.69, 9.17) is 0 Å². The first kappa shape index (κ1) is 23.2. The Bertz CT molecular complexity index is 793. The summed E-state index contributed by atoms with van der Waals surface area (Å²) < 4.78 is 140. The molecule has 1 unspecified atom stereocenters. The highest BCUT2D eigenvalue weighted by molar-refractivity contribution is 7.90. The predicted molar refractivity (Wildman–Crippen MR) is 72.8 cm³/mol. The monoisotopic (exact) mass is 431 g/mol. The van der Waals surface area contributed by atoms with Gasteiger partial charge in [-0.15, -0.1) is 0 Å². The fraction of sp³-hybridized carbons (Fsp3) is 0.462. The molecule has 14 heteroatoms. The lowest BCUT2D eigenvalue weighted by atomic mass is 9.95. The highest BCUT2D eigenvalue weighted by Gasteiger charge is 2.85. The van der Waals surface area contributed by atoms with E-state index in [1.165, 1.54) is 18.2 Å². The minimum atomic E-state index is -7.39. The number of benzene rings is 1. The molecule has 1 atom stereocenters. The van der Waals surface area contributed by atoms with Crippen molar-refractivity contribution in [1.29, 1.82) is 0 Å². The summed E-state index contributed by atoms with van der Waals surface area (Å²) in [6, 6.07) is 5.72. The van der Waals surface area contributed by atoms with Gasteiger partial charge in [0.1, 0.15) is 11.8 Å². The second-order valence-corrected chi connectivity index (χ2v) is 7.18. The molecule has 4 nitrogen and oxygen atoms in total. The summed E-state index contributed by atoms with van der Waals surface area (Å²) in [4.78, 5) is 11.2. The second kappa shape index (κ2) is 6.65. The molecule has 0 aliphatic heterocycles. The fourth-order valence-corrected chi connectivity index (χ4v) is 3.13. The van der Waals surface area contributed by atoms with E-state index in [0.29, 0.717) is 6.92 Å². The third-order valence-electron chi connectivity index (χ3n) is 3.41. The van der Waals surface area contributed by atoms with Gasteiger partial charge < -0.3 is 4.79 Å². The minimum absolute atomic E-state index is 0.323. The molecule has 0 radical (unpaired) electrons. The summed E-state index contributed by atoms with van der Waals surface area (Å²) in [6.07, 6.45) is -7.50. The van der Waals surface area contributed by atoms with Gasteiger partial charge in [-0.2, -0.15) is 44.2 Å². The van der Waals surface area contributed by atoms with Crippen molar-refractivity contribution >= 4 is 16.3 Å². The zero-order valence-electron chi connectivity index (χ0n) is 13.0. The van der Waals surface area contributed by atoms with E-state index in [2.05, 4.69) is 0 Å². The third kappa shape index (κ3) is 3.63. The molecule has 0 saturated heterocycles. The van der Waals surface area contributed by atoms with Gasteiger partial charge in [-0.25, -0.2) is 8.42 Å². The Morgan fingerprint density at radius 1 is 0.852 bits per heavy atom. The predicted octanol–water partition coefficient (Wildman–Crippen LogP) is 3.45. The molecule has 154 valence electrons. The SMILES string of the molecule is CC(C=O)(NS(=O)(=O)C(F)(F)C(F)(F)C(F)(F)C(F)(F)F)c1ccccc1. The van der Waals surface area contributed by atoms with Crippen LogP contribution < -0.4 is 4.72 Å². The van der Waals surface area contributed by atoms with Gasteiger partial charge in [0.2, 0.25) is 0 Å². The van der Waals surface area contributed by atoms with Crippen LogP contribution in [0.25, 0.3) is 0 Å². The Hall–Kier alpha value is -1.83. The van der Waals surface area contributed by atoms with Crippen molar-refractivity contribution < 1.29 is 52.7 Å². The Kier molecular flexibility index (Phi) is 5.72. The highest BCUT2D eigenvalue weighted by atomic mass is 32.2. The van der Waals surface area contributed by atoms with Crippen LogP contribution in [0.15, 0.2) is 30.3 Å². The van der Waals surface area contributed by atoms with Gasteiger partial charge in [0.15, 0.2) is 0 Å². The van der Waals surface area contributed by atoms with Crippen molar-refractivity contribution in [2.24, 2.45) is 0 Å². The molecular weight excluding hydrogens is 421 g/mol. The molecule has 0 aliphatic carbocycles. The van der Waals surface area contributed by atoms with Crippen molar-refractivity contribution in [2.45, 2.75) is 35.7 Å². The van der Waals surface area contributed by atoms with E-state index in [-0.39, 0.29) is 11.8 Å². The molecule has 1 N–H and O–H groups in total. The van der Waals surface area contributed by atoms with Crippen molar-refractivity contribution in [2.75, 3.05) is 0 Å². The standard InChI is InChI=1S/C13H10F9NO3S/c1-9(7-24,8-5-3-2-4-6-8)23-27(25,26)13(21,22)11(16,17)10(14,15)12(18,19)20/h2-7,23H,1H3. The van der Waals surface area contributed by atoms with E-state index in [9.17, 15) is 52.7 Å². The van der Waals surface area contributed by atoms with Gasteiger partial charge in [0, 0.05) is 0 Å².